The summed E-state index contributed by atoms with van der Waals surface area (Å²) in [4.78, 5) is 22.1. The van der Waals surface area contributed by atoms with Crippen molar-refractivity contribution in [1.29, 1.82) is 0 Å². The third-order valence-electron chi connectivity index (χ3n) is 5.51. The molecule has 1 fully saturated rings. The quantitative estimate of drug-likeness (QED) is 0.444. The Morgan fingerprint density at radius 3 is 2.75 bits per heavy atom. The maximum Gasteiger partial charge on any atom is 0.211 e. The highest BCUT2D eigenvalue weighted by Gasteiger charge is 2.13. The smallest absolute Gasteiger partial charge is 0.211 e. The van der Waals surface area contributed by atoms with Crippen LogP contribution in [0, 0.1) is 13.8 Å². The van der Waals surface area contributed by atoms with Gasteiger partial charge >= 0.3 is 0 Å². The molecule has 0 aliphatic carbocycles. The molecule has 1 aliphatic heterocycles. The van der Waals surface area contributed by atoms with Crippen molar-refractivity contribution in [3.05, 3.63) is 58.7 Å². The Morgan fingerprint density at radius 2 is 1.94 bits per heavy atom. The minimum Gasteiger partial charge on any atom is -0.379 e. The molecule has 1 amide bonds. The maximum absolute atomic E-state index is 10.7. The first-order valence-electron chi connectivity index (χ1n) is 10.8. The summed E-state index contributed by atoms with van der Waals surface area (Å²) < 4.78 is 5.42. The summed E-state index contributed by atoms with van der Waals surface area (Å²) in [7, 11) is 0. The van der Waals surface area contributed by atoms with Crippen molar-refractivity contribution in [1.82, 2.24) is 25.1 Å². The fourth-order valence-corrected chi connectivity index (χ4v) is 3.82. The van der Waals surface area contributed by atoms with E-state index in [4.69, 9.17) is 4.74 Å². The number of anilines is 3. The van der Waals surface area contributed by atoms with Gasteiger partial charge in [-0.15, -0.1) is 0 Å². The average Bonchev–Trinajstić information content (AvgIpc) is 3.22. The number of carbonyl (C=O) groups excluding carboxylic acids is 1. The van der Waals surface area contributed by atoms with E-state index in [-0.39, 0.29) is 0 Å². The number of H-pyrrole nitrogens is 1. The second-order valence-electron chi connectivity index (χ2n) is 7.99. The van der Waals surface area contributed by atoms with E-state index in [0.717, 1.165) is 80.2 Å². The van der Waals surface area contributed by atoms with E-state index in [1.807, 2.05) is 37.3 Å². The normalized spacial score (nSPS) is 14.3. The van der Waals surface area contributed by atoms with Crippen LogP contribution in [-0.4, -0.2) is 57.8 Å². The van der Waals surface area contributed by atoms with Crippen LogP contribution in [0.3, 0.4) is 0 Å². The molecule has 1 saturated heterocycles. The predicted molar refractivity (Wildman–Crippen MR) is 123 cm³/mol. The summed E-state index contributed by atoms with van der Waals surface area (Å²) in [6, 6.07) is 9.92. The fourth-order valence-electron chi connectivity index (χ4n) is 3.82. The van der Waals surface area contributed by atoms with E-state index in [2.05, 4.69) is 42.6 Å². The van der Waals surface area contributed by atoms with Gasteiger partial charge in [-0.3, -0.25) is 14.8 Å². The van der Waals surface area contributed by atoms with Gasteiger partial charge in [-0.25, -0.2) is 9.97 Å². The van der Waals surface area contributed by atoms with Gasteiger partial charge in [0.05, 0.1) is 18.9 Å². The van der Waals surface area contributed by atoms with Crippen molar-refractivity contribution in [3.63, 3.8) is 0 Å². The van der Waals surface area contributed by atoms with Crippen LogP contribution in [0.2, 0.25) is 0 Å². The molecule has 0 bridgehead atoms. The highest BCUT2D eigenvalue weighted by Crippen LogP contribution is 2.19. The van der Waals surface area contributed by atoms with Crippen molar-refractivity contribution >= 4 is 23.7 Å². The summed E-state index contributed by atoms with van der Waals surface area (Å²) in [5.74, 6) is 2.19. The zero-order valence-corrected chi connectivity index (χ0v) is 18.5. The van der Waals surface area contributed by atoms with Gasteiger partial charge in [0, 0.05) is 43.1 Å². The Morgan fingerprint density at radius 1 is 1.09 bits per heavy atom. The molecular weight excluding hydrogens is 406 g/mol. The van der Waals surface area contributed by atoms with Crippen LogP contribution < -0.4 is 10.6 Å². The summed E-state index contributed by atoms with van der Waals surface area (Å²) in [6.45, 7) is 8.13. The third kappa shape index (κ3) is 5.89. The number of nitrogens with one attached hydrogen (secondary N) is 3. The lowest BCUT2D eigenvalue weighted by Crippen LogP contribution is -2.35. The Balaban J connectivity index is 1.38. The molecule has 32 heavy (non-hydrogen) atoms. The zero-order valence-electron chi connectivity index (χ0n) is 18.5. The van der Waals surface area contributed by atoms with Crippen molar-refractivity contribution in [2.45, 2.75) is 33.2 Å². The largest absolute Gasteiger partial charge is 0.379 e. The van der Waals surface area contributed by atoms with Crippen LogP contribution in [0.15, 0.2) is 30.3 Å². The Bertz CT molecular complexity index is 1060. The van der Waals surface area contributed by atoms with E-state index in [1.54, 1.807) is 0 Å². The zero-order chi connectivity index (χ0) is 22.3. The number of aromatic amines is 1. The third-order valence-corrected chi connectivity index (χ3v) is 5.51. The van der Waals surface area contributed by atoms with Gasteiger partial charge in [0.1, 0.15) is 11.6 Å². The average molecular weight is 436 g/mol. The summed E-state index contributed by atoms with van der Waals surface area (Å²) in [5, 5.41) is 13.5. The number of rotatable bonds is 9. The lowest BCUT2D eigenvalue weighted by atomic mass is 10.0. The number of aryl methyl sites for hydroxylation is 4. The predicted octanol–water partition coefficient (Wildman–Crippen LogP) is 2.75. The van der Waals surface area contributed by atoms with Crippen molar-refractivity contribution in [2.24, 2.45) is 0 Å². The van der Waals surface area contributed by atoms with Gasteiger partial charge < -0.3 is 15.4 Å². The number of morpholine rings is 1. The van der Waals surface area contributed by atoms with Gasteiger partial charge in [-0.05, 0) is 49.9 Å². The molecule has 0 atom stereocenters. The molecule has 0 radical (unpaired) electrons. The van der Waals surface area contributed by atoms with Gasteiger partial charge in [0.25, 0.3) is 0 Å². The van der Waals surface area contributed by atoms with E-state index < -0.39 is 0 Å². The molecule has 0 saturated carbocycles. The molecule has 3 N–H and O–H groups in total. The lowest BCUT2D eigenvalue weighted by molar-refractivity contribution is -0.105. The highest BCUT2D eigenvalue weighted by atomic mass is 16.5. The highest BCUT2D eigenvalue weighted by molar-refractivity contribution is 5.71. The van der Waals surface area contributed by atoms with Gasteiger partial charge in [-0.1, -0.05) is 6.07 Å². The van der Waals surface area contributed by atoms with Crippen LogP contribution >= 0.6 is 0 Å². The van der Waals surface area contributed by atoms with Crippen molar-refractivity contribution < 1.29 is 9.53 Å². The summed E-state index contributed by atoms with van der Waals surface area (Å²) in [6.07, 6.45) is 2.35. The van der Waals surface area contributed by atoms with Gasteiger partial charge in [0.15, 0.2) is 5.82 Å². The first-order valence-corrected chi connectivity index (χ1v) is 10.8. The number of carbonyl (C=O) groups is 1. The number of ether oxygens (including phenoxy) is 1. The minimum absolute atomic E-state index is 0.697. The second-order valence-corrected chi connectivity index (χ2v) is 7.99. The first-order chi connectivity index (χ1) is 15.6. The summed E-state index contributed by atoms with van der Waals surface area (Å²) >= 11 is 0. The standard InChI is InChI=1S/C23H29N7O2/c1-16-3-5-19(24-15-31)11-18(16)4-6-20-12-23(29-28-20)27-22-13-21(25-17(2)26-22)14-30-7-9-32-10-8-30/h3,5,11-13,15H,4,6-10,14H2,1-2H3,(H,24,31)(H2,25,26,27,28,29). The second kappa shape index (κ2) is 10.3. The molecule has 168 valence electrons. The van der Waals surface area contributed by atoms with Crippen LogP contribution in [0.4, 0.5) is 17.3 Å². The molecule has 3 aromatic rings. The molecule has 2 aromatic heterocycles. The van der Waals surface area contributed by atoms with Crippen molar-refractivity contribution in [3.8, 4) is 0 Å². The number of hydrogen-bond acceptors (Lipinski definition) is 7. The minimum atomic E-state index is 0.697. The maximum atomic E-state index is 10.7. The lowest BCUT2D eigenvalue weighted by Gasteiger charge is -2.26. The molecule has 3 heterocycles. The van der Waals surface area contributed by atoms with Crippen LogP contribution in [-0.2, 0) is 28.9 Å². The molecule has 9 nitrogen and oxygen atoms in total. The Labute approximate surface area is 187 Å². The van der Waals surface area contributed by atoms with E-state index in [9.17, 15) is 4.79 Å². The number of nitrogens with zero attached hydrogens (tertiary/aromatic N) is 4. The van der Waals surface area contributed by atoms with Crippen LogP contribution in [0.25, 0.3) is 0 Å². The fraction of sp³-hybridized carbons (Fsp3) is 0.391. The summed E-state index contributed by atoms with van der Waals surface area (Å²) in [5.41, 5.74) is 5.21. The van der Waals surface area contributed by atoms with E-state index in [0.29, 0.717) is 6.41 Å². The SMILES string of the molecule is Cc1nc(CN2CCOCC2)cc(Nc2cc(CCc3cc(NC=O)ccc3C)[nH]n2)n1. The van der Waals surface area contributed by atoms with Crippen molar-refractivity contribution in [2.75, 3.05) is 36.9 Å². The molecule has 0 spiro atoms. The molecule has 1 aromatic carbocycles. The number of hydrogen-bond donors (Lipinski definition) is 3. The Hall–Kier alpha value is -3.30. The number of benzene rings is 1. The molecular formula is C23H29N7O2. The number of amides is 1. The van der Waals surface area contributed by atoms with E-state index in [1.165, 1.54) is 11.1 Å². The molecule has 1 aliphatic rings. The number of aromatic nitrogens is 4. The van der Waals surface area contributed by atoms with E-state index >= 15 is 0 Å². The molecule has 9 heteroatoms. The van der Waals surface area contributed by atoms with Gasteiger partial charge in [0.2, 0.25) is 6.41 Å². The van der Waals surface area contributed by atoms with Gasteiger partial charge in [-0.2, -0.15) is 5.10 Å². The Kier molecular flexibility index (Phi) is 7.08. The molecule has 4 rings (SSSR count). The molecule has 0 unspecified atom stereocenters. The van der Waals surface area contributed by atoms with Crippen LogP contribution in [0.5, 0.6) is 0 Å². The van der Waals surface area contributed by atoms with Crippen LogP contribution in [0.1, 0.15) is 28.3 Å². The monoisotopic (exact) mass is 435 g/mol. The first kappa shape index (κ1) is 21.9. The topological polar surface area (TPSA) is 108 Å².